The SMILES string of the molecule is CN1CCN(C(c2ccc(F)cc2)c2cncc(-c3ccc4[nH]ccc4c3)c2)CC1. The summed E-state index contributed by atoms with van der Waals surface area (Å²) < 4.78 is 13.6. The Morgan fingerprint density at radius 3 is 2.47 bits per heavy atom. The maximum Gasteiger partial charge on any atom is 0.123 e. The number of nitrogens with zero attached hydrogens (tertiary/aromatic N) is 3. The molecule has 0 spiro atoms. The number of fused-ring (bicyclic) bond motifs is 1. The lowest BCUT2D eigenvalue weighted by atomic mass is 9.95. The highest BCUT2D eigenvalue weighted by Gasteiger charge is 2.26. The Kier molecular flexibility index (Phi) is 5.07. The van der Waals surface area contributed by atoms with Crippen LogP contribution in [-0.4, -0.2) is 53.0 Å². The molecule has 1 unspecified atom stereocenters. The molecule has 1 aliphatic heterocycles. The molecule has 0 aliphatic carbocycles. The number of hydrogen-bond acceptors (Lipinski definition) is 3. The molecule has 0 bridgehead atoms. The first-order valence-electron chi connectivity index (χ1n) is 10.4. The molecule has 1 saturated heterocycles. The number of rotatable bonds is 4. The summed E-state index contributed by atoms with van der Waals surface area (Å²) in [6, 6.07) is 17.7. The standard InChI is InChI=1S/C25H25FN4/c1-29-10-12-30(13-11-29)25(18-2-5-23(26)6-3-18)22-15-21(16-27-17-22)19-4-7-24-20(14-19)8-9-28-24/h2-9,14-17,25,28H,10-13H2,1H3. The minimum absolute atomic E-state index is 0.0581. The van der Waals surface area contributed by atoms with Crippen LogP contribution in [0.5, 0.6) is 0 Å². The van der Waals surface area contributed by atoms with Crippen LogP contribution in [0.15, 0.2) is 73.2 Å². The number of aromatic amines is 1. The molecule has 5 heteroatoms. The van der Waals surface area contributed by atoms with E-state index in [9.17, 15) is 4.39 Å². The van der Waals surface area contributed by atoms with Gasteiger partial charge in [-0.1, -0.05) is 18.2 Å². The predicted octanol–water partition coefficient (Wildman–Crippen LogP) is 4.71. The number of benzene rings is 2. The fourth-order valence-corrected chi connectivity index (χ4v) is 4.34. The third kappa shape index (κ3) is 3.74. The van der Waals surface area contributed by atoms with Crippen molar-refractivity contribution in [3.05, 3.63) is 90.1 Å². The van der Waals surface area contributed by atoms with Crippen LogP contribution in [0.3, 0.4) is 0 Å². The minimum atomic E-state index is -0.206. The van der Waals surface area contributed by atoms with Crippen molar-refractivity contribution in [1.82, 2.24) is 19.8 Å². The van der Waals surface area contributed by atoms with Crippen LogP contribution >= 0.6 is 0 Å². The number of hydrogen-bond donors (Lipinski definition) is 1. The largest absolute Gasteiger partial charge is 0.361 e. The molecule has 2 aromatic carbocycles. The first kappa shape index (κ1) is 19.0. The molecule has 4 nitrogen and oxygen atoms in total. The second kappa shape index (κ2) is 8.01. The van der Waals surface area contributed by atoms with Gasteiger partial charge < -0.3 is 9.88 Å². The molecule has 0 amide bonds. The van der Waals surface area contributed by atoms with Gasteiger partial charge in [0.1, 0.15) is 5.82 Å². The molecule has 3 heterocycles. The van der Waals surface area contributed by atoms with E-state index in [2.05, 4.69) is 57.1 Å². The molecule has 152 valence electrons. The maximum atomic E-state index is 13.6. The number of halogens is 1. The van der Waals surface area contributed by atoms with E-state index < -0.39 is 0 Å². The van der Waals surface area contributed by atoms with E-state index in [0.29, 0.717) is 0 Å². The van der Waals surface area contributed by atoms with Crippen LogP contribution in [0, 0.1) is 5.82 Å². The Bertz CT molecular complexity index is 1140. The molecule has 4 aromatic rings. The average Bonchev–Trinajstić information content (AvgIpc) is 3.25. The molecule has 1 aliphatic rings. The number of piperazine rings is 1. The zero-order valence-electron chi connectivity index (χ0n) is 17.1. The van der Waals surface area contributed by atoms with Gasteiger partial charge in [0.15, 0.2) is 0 Å². The zero-order chi connectivity index (χ0) is 20.5. The highest BCUT2D eigenvalue weighted by Crippen LogP contribution is 2.32. The number of H-pyrrole nitrogens is 1. The molecule has 1 N–H and O–H groups in total. The van der Waals surface area contributed by atoms with E-state index in [-0.39, 0.29) is 11.9 Å². The van der Waals surface area contributed by atoms with Crippen molar-refractivity contribution in [3.8, 4) is 11.1 Å². The van der Waals surface area contributed by atoms with Gasteiger partial charge in [-0.15, -0.1) is 0 Å². The molecule has 1 atom stereocenters. The van der Waals surface area contributed by atoms with Crippen LogP contribution < -0.4 is 0 Å². The van der Waals surface area contributed by atoms with Crippen LogP contribution in [0.25, 0.3) is 22.0 Å². The fraction of sp³-hybridized carbons (Fsp3) is 0.240. The Balaban J connectivity index is 1.55. The molecular weight excluding hydrogens is 375 g/mol. The molecule has 0 saturated carbocycles. The number of pyridine rings is 1. The van der Waals surface area contributed by atoms with Crippen molar-refractivity contribution in [1.29, 1.82) is 0 Å². The summed E-state index contributed by atoms with van der Waals surface area (Å²) in [4.78, 5) is 12.6. The van der Waals surface area contributed by atoms with E-state index in [1.807, 2.05) is 30.7 Å². The molecule has 0 radical (unpaired) electrons. The lowest BCUT2D eigenvalue weighted by Gasteiger charge is -2.38. The van der Waals surface area contributed by atoms with Crippen molar-refractivity contribution in [2.45, 2.75) is 6.04 Å². The quantitative estimate of drug-likeness (QED) is 0.539. The molecular formula is C25H25FN4. The van der Waals surface area contributed by atoms with Gasteiger partial charge in [-0.2, -0.15) is 0 Å². The highest BCUT2D eigenvalue weighted by atomic mass is 19.1. The van der Waals surface area contributed by atoms with Crippen molar-refractivity contribution in [2.24, 2.45) is 0 Å². The monoisotopic (exact) mass is 400 g/mol. The maximum absolute atomic E-state index is 13.6. The summed E-state index contributed by atoms with van der Waals surface area (Å²) in [6.07, 6.45) is 5.83. The van der Waals surface area contributed by atoms with E-state index >= 15 is 0 Å². The van der Waals surface area contributed by atoms with Gasteiger partial charge in [0.05, 0.1) is 6.04 Å². The van der Waals surface area contributed by atoms with E-state index in [4.69, 9.17) is 0 Å². The number of nitrogens with one attached hydrogen (secondary N) is 1. The second-order valence-corrected chi connectivity index (χ2v) is 8.08. The van der Waals surface area contributed by atoms with E-state index in [1.165, 1.54) is 5.39 Å². The summed E-state index contributed by atoms with van der Waals surface area (Å²) in [6.45, 7) is 3.99. The molecule has 5 rings (SSSR count). The number of likely N-dealkylation sites (N-methyl/N-ethyl adjacent to an activating group) is 1. The zero-order valence-corrected chi connectivity index (χ0v) is 17.1. The van der Waals surface area contributed by atoms with E-state index in [1.54, 1.807) is 12.1 Å². The number of aromatic nitrogens is 2. The van der Waals surface area contributed by atoms with Gasteiger partial charge in [0.2, 0.25) is 0 Å². The minimum Gasteiger partial charge on any atom is -0.361 e. The third-order valence-corrected chi connectivity index (χ3v) is 6.05. The Morgan fingerprint density at radius 2 is 1.67 bits per heavy atom. The lowest BCUT2D eigenvalue weighted by molar-refractivity contribution is 0.127. The predicted molar refractivity (Wildman–Crippen MR) is 119 cm³/mol. The van der Waals surface area contributed by atoms with Gasteiger partial charge in [-0.3, -0.25) is 9.88 Å². The van der Waals surface area contributed by atoms with Crippen molar-refractivity contribution in [2.75, 3.05) is 33.2 Å². The average molecular weight is 401 g/mol. The van der Waals surface area contributed by atoms with Crippen molar-refractivity contribution in [3.63, 3.8) is 0 Å². The van der Waals surface area contributed by atoms with Gasteiger partial charge in [0, 0.05) is 55.8 Å². The first-order valence-corrected chi connectivity index (χ1v) is 10.4. The van der Waals surface area contributed by atoms with Gasteiger partial charge in [0.25, 0.3) is 0 Å². The van der Waals surface area contributed by atoms with Crippen molar-refractivity contribution >= 4 is 10.9 Å². The third-order valence-electron chi connectivity index (χ3n) is 6.05. The summed E-state index contributed by atoms with van der Waals surface area (Å²) in [5, 5.41) is 1.19. The van der Waals surface area contributed by atoms with Crippen LogP contribution in [0.1, 0.15) is 17.2 Å². The second-order valence-electron chi connectivity index (χ2n) is 8.08. The Labute approximate surface area is 176 Å². The Hall–Kier alpha value is -3.02. The first-order chi connectivity index (χ1) is 14.7. The Morgan fingerprint density at radius 1 is 0.867 bits per heavy atom. The summed E-state index contributed by atoms with van der Waals surface area (Å²) in [7, 11) is 2.16. The smallest absolute Gasteiger partial charge is 0.123 e. The van der Waals surface area contributed by atoms with E-state index in [0.717, 1.165) is 53.9 Å². The molecule has 30 heavy (non-hydrogen) atoms. The fourth-order valence-electron chi connectivity index (χ4n) is 4.34. The van der Waals surface area contributed by atoms with Crippen LogP contribution in [0.4, 0.5) is 4.39 Å². The summed E-state index contributed by atoms with van der Waals surface area (Å²) in [5.41, 5.74) is 5.60. The summed E-state index contributed by atoms with van der Waals surface area (Å²) in [5.74, 6) is -0.206. The highest BCUT2D eigenvalue weighted by molar-refractivity contribution is 5.84. The van der Waals surface area contributed by atoms with Gasteiger partial charge >= 0.3 is 0 Å². The van der Waals surface area contributed by atoms with Crippen LogP contribution in [0.2, 0.25) is 0 Å². The van der Waals surface area contributed by atoms with Gasteiger partial charge in [-0.25, -0.2) is 4.39 Å². The summed E-state index contributed by atoms with van der Waals surface area (Å²) >= 11 is 0. The van der Waals surface area contributed by atoms with Crippen molar-refractivity contribution < 1.29 is 4.39 Å². The van der Waals surface area contributed by atoms with Crippen LogP contribution in [-0.2, 0) is 0 Å². The topological polar surface area (TPSA) is 35.2 Å². The normalized spacial score (nSPS) is 16.7. The van der Waals surface area contributed by atoms with Gasteiger partial charge in [-0.05, 0) is 65.5 Å². The lowest BCUT2D eigenvalue weighted by Crippen LogP contribution is -2.46. The molecule has 2 aromatic heterocycles. The molecule has 1 fully saturated rings.